The van der Waals surface area contributed by atoms with Gasteiger partial charge in [0.05, 0.1) is 5.56 Å². The minimum absolute atomic E-state index is 0.196. The molecule has 0 aromatic heterocycles. The fourth-order valence-corrected chi connectivity index (χ4v) is 1.37. The lowest BCUT2D eigenvalue weighted by molar-refractivity contribution is -0.126. The van der Waals surface area contributed by atoms with Crippen molar-refractivity contribution in [3.05, 3.63) is 28.8 Å². The molecule has 0 heterocycles. The van der Waals surface area contributed by atoms with Crippen LogP contribution >= 0.6 is 11.6 Å². The van der Waals surface area contributed by atoms with Crippen molar-refractivity contribution in [1.82, 2.24) is 5.32 Å². The van der Waals surface area contributed by atoms with E-state index < -0.39 is 18.0 Å². The van der Waals surface area contributed by atoms with Gasteiger partial charge in [-0.05, 0) is 25.1 Å². The average molecular weight is 271 g/mol. The van der Waals surface area contributed by atoms with Crippen molar-refractivity contribution >= 4 is 29.8 Å². The lowest BCUT2D eigenvalue weighted by atomic mass is 10.2. The molecule has 0 aliphatic heterocycles. The van der Waals surface area contributed by atoms with Gasteiger partial charge in [-0.2, -0.15) is 0 Å². The average Bonchev–Trinajstić information content (AvgIpc) is 2.30. The summed E-state index contributed by atoms with van der Waals surface area (Å²) in [4.78, 5) is 32.7. The van der Waals surface area contributed by atoms with Gasteiger partial charge in [0.2, 0.25) is 0 Å². The van der Waals surface area contributed by atoms with Crippen LogP contribution in [0.4, 0.5) is 4.79 Å². The fraction of sp³-hybridized carbons (Fsp3) is 0.182. The molecule has 0 aliphatic rings. The number of hydrogen-bond acceptors (Lipinski definition) is 4. The third-order valence-corrected chi connectivity index (χ3v) is 2.25. The highest BCUT2D eigenvalue weighted by Gasteiger charge is 2.17. The molecule has 0 bridgehead atoms. The summed E-state index contributed by atoms with van der Waals surface area (Å²) >= 11 is 5.71. The normalized spacial score (nSPS) is 11.4. The van der Waals surface area contributed by atoms with Crippen LogP contribution in [0.3, 0.4) is 0 Å². The molecule has 3 N–H and O–H groups in total. The summed E-state index contributed by atoms with van der Waals surface area (Å²) in [6, 6.07) is 3.41. The number of benzene rings is 1. The highest BCUT2D eigenvalue weighted by atomic mass is 35.5. The molecule has 1 aromatic carbocycles. The quantitative estimate of drug-likeness (QED) is 0.801. The second-order valence-electron chi connectivity index (χ2n) is 3.41. The zero-order valence-electron chi connectivity index (χ0n) is 9.48. The summed E-state index contributed by atoms with van der Waals surface area (Å²) in [5.41, 5.74) is 5.01. The van der Waals surface area contributed by atoms with E-state index in [0.717, 1.165) is 0 Å². The summed E-state index contributed by atoms with van der Waals surface area (Å²) in [5.74, 6) is -0.504. The number of imide groups is 1. The summed E-state index contributed by atoms with van der Waals surface area (Å²) in [6.07, 6.45) is -0.419. The first kappa shape index (κ1) is 14.0. The SMILES string of the molecule is CC(Oc1ccc(Cl)cc1C=O)C(=O)NC(N)=O. The number of aldehydes is 1. The molecule has 1 aromatic rings. The monoisotopic (exact) mass is 270 g/mol. The van der Waals surface area contributed by atoms with Crippen LogP contribution in [0, 0.1) is 0 Å². The molecule has 6 nitrogen and oxygen atoms in total. The van der Waals surface area contributed by atoms with Crippen LogP contribution in [-0.2, 0) is 4.79 Å². The molecule has 1 rings (SSSR count). The topological polar surface area (TPSA) is 98.5 Å². The number of nitrogens with one attached hydrogen (secondary N) is 1. The van der Waals surface area contributed by atoms with E-state index in [1.54, 1.807) is 0 Å². The van der Waals surface area contributed by atoms with Gasteiger partial charge in [0.15, 0.2) is 12.4 Å². The van der Waals surface area contributed by atoms with Crippen LogP contribution in [0.5, 0.6) is 5.75 Å². The number of halogens is 1. The Kier molecular flexibility index (Phi) is 4.67. The number of rotatable bonds is 4. The molecular formula is C11H11ClN2O4. The lowest BCUT2D eigenvalue weighted by Gasteiger charge is -2.14. The zero-order valence-corrected chi connectivity index (χ0v) is 10.2. The van der Waals surface area contributed by atoms with Crippen molar-refractivity contribution in [2.75, 3.05) is 0 Å². The van der Waals surface area contributed by atoms with Gasteiger partial charge in [0.1, 0.15) is 5.75 Å². The molecular weight excluding hydrogens is 260 g/mol. The third kappa shape index (κ3) is 3.74. The Bertz CT molecular complexity index is 490. The second-order valence-corrected chi connectivity index (χ2v) is 3.85. The van der Waals surface area contributed by atoms with Gasteiger partial charge >= 0.3 is 6.03 Å². The summed E-state index contributed by atoms with van der Waals surface area (Å²) < 4.78 is 5.24. The summed E-state index contributed by atoms with van der Waals surface area (Å²) in [6.45, 7) is 1.42. The molecule has 0 aliphatic carbocycles. The van der Waals surface area contributed by atoms with Crippen molar-refractivity contribution in [3.63, 3.8) is 0 Å². The molecule has 0 radical (unpaired) electrons. The number of amides is 3. The highest BCUT2D eigenvalue weighted by Crippen LogP contribution is 2.22. The summed E-state index contributed by atoms with van der Waals surface area (Å²) in [5, 5.41) is 2.25. The fourth-order valence-electron chi connectivity index (χ4n) is 1.19. The predicted molar refractivity (Wildman–Crippen MR) is 64.7 cm³/mol. The number of hydrogen-bond donors (Lipinski definition) is 2. The minimum Gasteiger partial charge on any atom is -0.480 e. The Morgan fingerprint density at radius 3 is 2.72 bits per heavy atom. The Morgan fingerprint density at radius 2 is 2.17 bits per heavy atom. The molecule has 0 spiro atoms. The zero-order chi connectivity index (χ0) is 13.7. The molecule has 0 fully saturated rings. The van der Waals surface area contributed by atoms with Crippen LogP contribution in [0.25, 0.3) is 0 Å². The Hall–Kier alpha value is -2.08. The van der Waals surface area contributed by atoms with Crippen molar-refractivity contribution in [3.8, 4) is 5.75 Å². The van der Waals surface area contributed by atoms with E-state index in [0.29, 0.717) is 11.3 Å². The molecule has 3 amide bonds. The van der Waals surface area contributed by atoms with Gasteiger partial charge in [0.25, 0.3) is 5.91 Å². The molecule has 1 atom stereocenters. The predicted octanol–water partition coefficient (Wildman–Crippen LogP) is 1.11. The van der Waals surface area contributed by atoms with Gasteiger partial charge in [-0.25, -0.2) is 4.79 Å². The van der Waals surface area contributed by atoms with E-state index in [1.807, 2.05) is 5.32 Å². The largest absolute Gasteiger partial charge is 0.480 e. The van der Waals surface area contributed by atoms with Crippen LogP contribution in [-0.4, -0.2) is 24.3 Å². The number of urea groups is 1. The maximum absolute atomic E-state index is 11.4. The second kappa shape index (κ2) is 6.02. The number of carbonyl (C=O) groups excluding carboxylic acids is 3. The van der Waals surface area contributed by atoms with Gasteiger partial charge < -0.3 is 10.5 Å². The van der Waals surface area contributed by atoms with Crippen molar-refractivity contribution < 1.29 is 19.1 Å². The Morgan fingerprint density at radius 1 is 1.50 bits per heavy atom. The maximum Gasteiger partial charge on any atom is 0.318 e. The van der Waals surface area contributed by atoms with Crippen LogP contribution in [0.1, 0.15) is 17.3 Å². The van der Waals surface area contributed by atoms with Crippen molar-refractivity contribution in [2.45, 2.75) is 13.0 Å². The summed E-state index contributed by atoms with van der Waals surface area (Å²) in [7, 11) is 0. The molecule has 0 saturated heterocycles. The first-order valence-electron chi connectivity index (χ1n) is 4.95. The first-order chi connectivity index (χ1) is 8.43. The number of nitrogens with two attached hydrogens (primary N) is 1. The van der Waals surface area contributed by atoms with Crippen molar-refractivity contribution in [2.24, 2.45) is 5.73 Å². The number of primary amides is 1. The Balaban J connectivity index is 2.81. The van der Waals surface area contributed by atoms with E-state index in [-0.39, 0.29) is 11.3 Å². The molecule has 18 heavy (non-hydrogen) atoms. The van der Waals surface area contributed by atoms with Crippen LogP contribution < -0.4 is 15.8 Å². The first-order valence-corrected chi connectivity index (χ1v) is 5.33. The van der Waals surface area contributed by atoms with Crippen LogP contribution in [0.15, 0.2) is 18.2 Å². The van der Waals surface area contributed by atoms with Crippen molar-refractivity contribution in [1.29, 1.82) is 0 Å². The van der Waals surface area contributed by atoms with E-state index in [1.165, 1.54) is 25.1 Å². The van der Waals surface area contributed by atoms with E-state index in [2.05, 4.69) is 0 Å². The molecule has 96 valence electrons. The molecule has 1 unspecified atom stereocenters. The molecule has 7 heteroatoms. The van der Waals surface area contributed by atoms with E-state index >= 15 is 0 Å². The van der Waals surface area contributed by atoms with E-state index in [9.17, 15) is 14.4 Å². The van der Waals surface area contributed by atoms with Gasteiger partial charge in [-0.3, -0.25) is 14.9 Å². The third-order valence-electron chi connectivity index (χ3n) is 2.02. The standard InChI is InChI=1S/C11H11ClN2O4/c1-6(10(16)14-11(13)17)18-9-3-2-8(12)4-7(9)5-15/h2-6H,1H3,(H3,13,14,16,17). The van der Waals surface area contributed by atoms with Gasteiger partial charge in [0, 0.05) is 5.02 Å². The minimum atomic E-state index is -0.975. The smallest absolute Gasteiger partial charge is 0.318 e. The van der Waals surface area contributed by atoms with Gasteiger partial charge in [-0.15, -0.1) is 0 Å². The Labute approximate surface area is 108 Å². The lowest BCUT2D eigenvalue weighted by Crippen LogP contribution is -2.42. The maximum atomic E-state index is 11.4. The van der Waals surface area contributed by atoms with Gasteiger partial charge in [-0.1, -0.05) is 11.6 Å². The van der Waals surface area contributed by atoms with Crippen LogP contribution in [0.2, 0.25) is 5.02 Å². The number of carbonyl (C=O) groups is 3. The van der Waals surface area contributed by atoms with E-state index in [4.69, 9.17) is 22.1 Å². The molecule has 0 saturated carbocycles. The highest BCUT2D eigenvalue weighted by molar-refractivity contribution is 6.30. The number of ether oxygens (including phenoxy) is 1.